The number of carbonyl (C=O) groups excluding carboxylic acids is 1. The van der Waals surface area contributed by atoms with Crippen LogP contribution in [0.3, 0.4) is 0 Å². The highest BCUT2D eigenvalue weighted by molar-refractivity contribution is 5.97. The normalized spacial score (nSPS) is 10.5. The van der Waals surface area contributed by atoms with Gasteiger partial charge in [-0.25, -0.2) is 0 Å². The molecule has 0 bridgehead atoms. The quantitative estimate of drug-likeness (QED) is 0.787. The molecule has 0 fully saturated rings. The molecule has 1 aromatic heterocycles. The summed E-state index contributed by atoms with van der Waals surface area (Å²) < 4.78 is 7.52. The zero-order valence-electron chi connectivity index (χ0n) is 11.9. The summed E-state index contributed by atoms with van der Waals surface area (Å²) in [5, 5.41) is 0. The van der Waals surface area contributed by atoms with Crippen LogP contribution in [-0.4, -0.2) is 17.0 Å². The molecule has 1 heterocycles. The molecule has 0 amide bonds. The summed E-state index contributed by atoms with van der Waals surface area (Å²) in [6, 6.07) is 5.89. The van der Waals surface area contributed by atoms with Gasteiger partial charge in [0.05, 0.1) is 0 Å². The van der Waals surface area contributed by atoms with Gasteiger partial charge >= 0.3 is 0 Å². The van der Waals surface area contributed by atoms with E-state index in [9.17, 15) is 4.79 Å². The fourth-order valence-electron chi connectivity index (χ4n) is 2.05. The van der Waals surface area contributed by atoms with Crippen molar-refractivity contribution in [3.8, 4) is 5.75 Å². The highest BCUT2D eigenvalue weighted by atomic mass is 16.5. The van der Waals surface area contributed by atoms with Crippen LogP contribution in [0.15, 0.2) is 30.6 Å². The molecule has 100 valence electrons. The second-order valence-corrected chi connectivity index (χ2v) is 4.98. The molecule has 3 heteroatoms. The summed E-state index contributed by atoms with van der Waals surface area (Å²) in [5.41, 5.74) is 4.10. The van der Waals surface area contributed by atoms with Crippen molar-refractivity contribution in [2.45, 2.75) is 20.8 Å². The Kier molecular flexibility index (Phi) is 3.74. The highest BCUT2D eigenvalue weighted by Gasteiger charge is 2.10. The number of nitrogens with zero attached hydrogens (tertiary/aromatic N) is 1. The first-order valence-corrected chi connectivity index (χ1v) is 6.33. The second kappa shape index (κ2) is 5.31. The molecular formula is C16H19NO2. The smallest absolute Gasteiger partial charge is 0.201 e. The van der Waals surface area contributed by atoms with E-state index < -0.39 is 0 Å². The average molecular weight is 257 g/mol. The van der Waals surface area contributed by atoms with Gasteiger partial charge in [0.1, 0.15) is 5.75 Å². The lowest BCUT2D eigenvalue weighted by molar-refractivity contribution is 0.0921. The van der Waals surface area contributed by atoms with Gasteiger partial charge in [0.15, 0.2) is 6.61 Å². The van der Waals surface area contributed by atoms with E-state index in [2.05, 4.69) is 6.07 Å². The van der Waals surface area contributed by atoms with E-state index in [0.717, 1.165) is 16.9 Å². The molecule has 0 saturated carbocycles. The number of aryl methyl sites for hydroxylation is 3. The molecule has 0 unspecified atom stereocenters. The maximum Gasteiger partial charge on any atom is 0.201 e. The van der Waals surface area contributed by atoms with E-state index in [-0.39, 0.29) is 12.4 Å². The molecule has 0 aliphatic heterocycles. The van der Waals surface area contributed by atoms with E-state index >= 15 is 0 Å². The van der Waals surface area contributed by atoms with Gasteiger partial charge < -0.3 is 9.30 Å². The lowest BCUT2D eigenvalue weighted by Gasteiger charge is -2.11. The standard InChI is InChI=1S/C16H19NO2/c1-11-7-12(2)13(3)16(8-11)19-10-15(18)14-5-6-17(4)9-14/h5-9H,10H2,1-4H3. The fourth-order valence-corrected chi connectivity index (χ4v) is 2.05. The Morgan fingerprint density at radius 1 is 1.26 bits per heavy atom. The Bertz CT molecular complexity index is 611. The molecule has 0 saturated heterocycles. The number of aromatic nitrogens is 1. The monoisotopic (exact) mass is 257 g/mol. The molecule has 0 N–H and O–H groups in total. The average Bonchev–Trinajstić information content (AvgIpc) is 2.78. The molecule has 0 aliphatic carbocycles. The summed E-state index contributed by atoms with van der Waals surface area (Å²) >= 11 is 0. The number of hydrogen-bond acceptors (Lipinski definition) is 2. The lowest BCUT2D eigenvalue weighted by atomic mass is 10.1. The van der Waals surface area contributed by atoms with E-state index in [0.29, 0.717) is 5.56 Å². The van der Waals surface area contributed by atoms with E-state index in [1.807, 2.05) is 44.6 Å². The minimum Gasteiger partial charge on any atom is -0.485 e. The van der Waals surface area contributed by atoms with E-state index in [4.69, 9.17) is 4.74 Å². The predicted octanol–water partition coefficient (Wildman–Crippen LogP) is 3.21. The Balaban J connectivity index is 2.09. The van der Waals surface area contributed by atoms with Crippen molar-refractivity contribution in [3.05, 3.63) is 52.8 Å². The van der Waals surface area contributed by atoms with Crippen LogP contribution in [0, 0.1) is 20.8 Å². The van der Waals surface area contributed by atoms with Crippen LogP contribution >= 0.6 is 0 Å². The second-order valence-electron chi connectivity index (χ2n) is 4.98. The minimum absolute atomic E-state index is 0.000779. The maximum absolute atomic E-state index is 12.0. The van der Waals surface area contributed by atoms with Crippen LogP contribution in [-0.2, 0) is 7.05 Å². The Morgan fingerprint density at radius 2 is 2.00 bits per heavy atom. The topological polar surface area (TPSA) is 31.2 Å². The van der Waals surface area contributed by atoms with Gasteiger partial charge in [0.25, 0.3) is 0 Å². The van der Waals surface area contributed by atoms with Crippen LogP contribution in [0.25, 0.3) is 0 Å². The van der Waals surface area contributed by atoms with Gasteiger partial charge in [-0.1, -0.05) is 6.07 Å². The number of ether oxygens (including phenoxy) is 1. The third-order valence-electron chi connectivity index (χ3n) is 3.28. The zero-order valence-corrected chi connectivity index (χ0v) is 11.9. The molecule has 3 nitrogen and oxygen atoms in total. The number of hydrogen-bond donors (Lipinski definition) is 0. The van der Waals surface area contributed by atoms with Crippen LogP contribution in [0.2, 0.25) is 0 Å². The SMILES string of the molecule is Cc1cc(C)c(C)c(OCC(=O)c2ccn(C)c2)c1. The Hall–Kier alpha value is -2.03. The molecule has 2 rings (SSSR count). The zero-order chi connectivity index (χ0) is 14.0. The van der Waals surface area contributed by atoms with Crippen molar-refractivity contribution in [3.63, 3.8) is 0 Å². The summed E-state index contributed by atoms with van der Waals surface area (Å²) in [7, 11) is 1.89. The van der Waals surface area contributed by atoms with Gasteiger partial charge in [0, 0.05) is 25.0 Å². The van der Waals surface area contributed by atoms with Gasteiger partial charge in [-0.3, -0.25) is 4.79 Å². The molecule has 2 aromatic rings. The van der Waals surface area contributed by atoms with Crippen LogP contribution in [0.4, 0.5) is 0 Å². The summed E-state index contributed by atoms with van der Waals surface area (Å²) in [6.07, 6.45) is 3.66. The van der Waals surface area contributed by atoms with Gasteiger partial charge in [0.2, 0.25) is 5.78 Å². The van der Waals surface area contributed by atoms with Gasteiger partial charge in [-0.05, 0) is 49.6 Å². The molecule has 19 heavy (non-hydrogen) atoms. The summed E-state index contributed by atoms with van der Waals surface area (Å²) in [5.74, 6) is 0.793. The third kappa shape index (κ3) is 3.05. The Labute approximate surface area is 113 Å². The first-order chi connectivity index (χ1) is 8.97. The molecule has 0 aliphatic rings. The minimum atomic E-state index is -0.000779. The van der Waals surface area contributed by atoms with Crippen molar-refractivity contribution in [2.24, 2.45) is 7.05 Å². The van der Waals surface area contributed by atoms with Gasteiger partial charge in [-0.15, -0.1) is 0 Å². The predicted molar refractivity (Wildman–Crippen MR) is 75.9 cm³/mol. The summed E-state index contributed by atoms with van der Waals surface area (Å²) in [6.45, 7) is 6.16. The number of Topliss-reactive ketones (excluding diaryl/α,β-unsaturated/α-hetero) is 1. The van der Waals surface area contributed by atoms with Crippen molar-refractivity contribution in [2.75, 3.05) is 6.61 Å². The van der Waals surface area contributed by atoms with Crippen molar-refractivity contribution >= 4 is 5.78 Å². The van der Waals surface area contributed by atoms with Crippen molar-refractivity contribution in [1.82, 2.24) is 4.57 Å². The van der Waals surface area contributed by atoms with Crippen LogP contribution in [0.1, 0.15) is 27.0 Å². The summed E-state index contributed by atoms with van der Waals surface area (Å²) in [4.78, 5) is 12.0. The molecule has 1 aromatic carbocycles. The molecule has 0 atom stereocenters. The lowest BCUT2D eigenvalue weighted by Crippen LogP contribution is -2.11. The molecule has 0 spiro atoms. The van der Waals surface area contributed by atoms with E-state index in [1.54, 1.807) is 12.3 Å². The Morgan fingerprint density at radius 3 is 2.63 bits per heavy atom. The van der Waals surface area contributed by atoms with E-state index in [1.165, 1.54) is 5.56 Å². The van der Waals surface area contributed by atoms with Crippen molar-refractivity contribution < 1.29 is 9.53 Å². The first-order valence-electron chi connectivity index (χ1n) is 6.33. The third-order valence-corrected chi connectivity index (χ3v) is 3.28. The van der Waals surface area contributed by atoms with Crippen molar-refractivity contribution in [1.29, 1.82) is 0 Å². The van der Waals surface area contributed by atoms with Crippen LogP contribution in [0.5, 0.6) is 5.75 Å². The highest BCUT2D eigenvalue weighted by Crippen LogP contribution is 2.23. The largest absolute Gasteiger partial charge is 0.485 e. The van der Waals surface area contributed by atoms with Gasteiger partial charge in [-0.2, -0.15) is 0 Å². The molecular weight excluding hydrogens is 238 g/mol. The maximum atomic E-state index is 12.0. The number of benzene rings is 1. The number of ketones is 1. The molecule has 0 radical (unpaired) electrons. The van der Waals surface area contributed by atoms with Crippen LogP contribution < -0.4 is 4.74 Å². The number of rotatable bonds is 4. The fraction of sp³-hybridized carbons (Fsp3) is 0.312. The number of carbonyl (C=O) groups is 1. The first kappa shape index (κ1) is 13.4.